The molecule has 5 nitrogen and oxygen atoms in total. The fourth-order valence-corrected chi connectivity index (χ4v) is 2.97. The third kappa shape index (κ3) is 5.06. The van der Waals surface area contributed by atoms with Gasteiger partial charge in [-0.05, 0) is 74.7 Å². The minimum Gasteiger partial charge on any atom is -0.481 e. The van der Waals surface area contributed by atoms with E-state index in [4.69, 9.17) is 4.74 Å². The molecule has 0 fully saturated rings. The predicted molar refractivity (Wildman–Crippen MR) is 120 cm³/mol. The van der Waals surface area contributed by atoms with Gasteiger partial charge in [-0.1, -0.05) is 36.4 Å². The molecular formula is C25H26N2O3. The van der Waals surface area contributed by atoms with Crippen molar-refractivity contribution in [3.63, 3.8) is 0 Å². The first-order valence-corrected chi connectivity index (χ1v) is 9.86. The summed E-state index contributed by atoms with van der Waals surface area (Å²) in [6, 6.07) is 20.2. The first-order chi connectivity index (χ1) is 14.3. The number of para-hydroxylation sites is 2. The lowest BCUT2D eigenvalue weighted by Gasteiger charge is -2.17. The van der Waals surface area contributed by atoms with Crippen molar-refractivity contribution < 1.29 is 14.3 Å². The molecule has 2 N–H and O–H groups in total. The highest BCUT2D eigenvalue weighted by atomic mass is 16.5. The quantitative estimate of drug-likeness (QED) is 0.590. The summed E-state index contributed by atoms with van der Waals surface area (Å²) in [7, 11) is 0. The van der Waals surface area contributed by atoms with Crippen molar-refractivity contribution in [3.05, 3.63) is 89.0 Å². The average Bonchev–Trinajstić information content (AvgIpc) is 2.72. The lowest BCUT2D eigenvalue weighted by molar-refractivity contribution is -0.122. The molecule has 0 aromatic heterocycles. The Balaban J connectivity index is 1.72. The zero-order valence-electron chi connectivity index (χ0n) is 17.7. The van der Waals surface area contributed by atoms with Crippen LogP contribution in [0.15, 0.2) is 66.7 Å². The largest absolute Gasteiger partial charge is 0.481 e. The molecule has 3 rings (SSSR count). The Bertz CT molecular complexity index is 1080. The van der Waals surface area contributed by atoms with Crippen LogP contribution in [0.25, 0.3) is 0 Å². The Labute approximate surface area is 177 Å². The lowest BCUT2D eigenvalue weighted by atomic mass is 10.1. The van der Waals surface area contributed by atoms with Gasteiger partial charge in [0.1, 0.15) is 5.75 Å². The second-order valence-electron chi connectivity index (χ2n) is 7.31. The Morgan fingerprint density at radius 1 is 0.800 bits per heavy atom. The van der Waals surface area contributed by atoms with Gasteiger partial charge < -0.3 is 15.4 Å². The van der Waals surface area contributed by atoms with E-state index in [-0.39, 0.29) is 11.8 Å². The molecule has 154 valence electrons. The van der Waals surface area contributed by atoms with Crippen LogP contribution in [0.3, 0.4) is 0 Å². The molecule has 0 aliphatic carbocycles. The second-order valence-corrected chi connectivity index (χ2v) is 7.31. The number of carbonyl (C=O) groups is 2. The molecule has 0 saturated heterocycles. The molecule has 3 aromatic rings. The maximum Gasteiger partial charge on any atom is 0.265 e. The van der Waals surface area contributed by atoms with E-state index in [1.54, 1.807) is 31.2 Å². The number of benzene rings is 3. The Hall–Kier alpha value is -3.60. The van der Waals surface area contributed by atoms with Gasteiger partial charge in [0.2, 0.25) is 0 Å². The van der Waals surface area contributed by atoms with Crippen LogP contribution in [0.5, 0.6) is 5.75 Å². The molecule has 0 aliphatic heterocycles. The molecule has 0 bridgehead atoms. The fourth-order valence-electron chi connectivity index (χ4n) is 2.97. The van der Waals surface area contributed by atoms with Gasteiger partial charge in [-0.2, -0.15) is 0 Å². The normalized spacial score (nSPS) is 11.5. The third-order valence-corrected chi connectivity index (χ3v) is 4.96. The molecule has 0 radical (unpaired) electrons. The van der Waals surface area contributed by atoms with Gasteiger partial charge in [-0.3, -0.25) is 9.59 Å². The number of carbonyl (C=O) groups excluding carboxylic acids is 2. The van der Waals surface area contributed by atoms with Crippen LogP contribution in [0.2, 0.25) is 0 Å². The van der Waals surface area contributed by atoms with E-state index in [0.29, 0.717) is 22.7 Å². The average molecular weight is 402 g/mol. The molecular weight excluding hydrogens is 376 g/mol. The van der Waals surface area contributed by atoms with Gasteiger partial charge in [-0.25, -0.2) is 0 Å². The van der Waals surface area contributed by atoms with Crippen molar-refractivity contribution in [2.45, 2.75) is 33.8 Å². The van der Waals surface area contributed by atoms with E-state index in [1.807, 2.05) is 63.2 Å². The molecule has 0 saturated carbocycles. The van der Waals surface area contributed by atoms with Crippen LogP contribution in [0.4, 0.5) is 11.4 Å². The number of rotatable bonds is 6. The summed E-state index contributed by atoms with van der Waals surface area (Å²) in [5.74, 6) is 0.0345. The van der Waals surface area contributed by atoms with Gasteiger partial charge in [0.05, 0.1) is 11.3 Å². The van der Waals surface area contributed by atoms with E-state index in [0.717, 1.165) is 16.7 Å². The van der Waals surface area contributed by atoms with E-state index in [9.17, 15) is 9.59 Å². The number of nitrogens with one attached hydrogen (secondary N) is 2. The highest BCUT2D eigenvalue weighted by Gasteiger charge is 2.19. The Morgan fingerprint density at radius 2 is 1.50 bits per heavy atom. The maximum absolute atomic E-state index is 12.8. The number of aryl methyl sites for hydroxylation is 3. The minimum atomic E-state index is -0.720. The molecule has 30 heavy (non-hydrogen) atoms. The topological polar surface area (TPSA) is 67.4 Å². The van der Waals surface area contributed by atoms with Crippen molar-refractivity contribution in [2.24, 2.45) is 0 Å². The van der Waals surface area contributed by atoms with Crippen molar-refractivity contribution in [3.8, 4) is 5.75 Å². The van der Waals surface area contributed by atoms with Gasteiger partial charge in [-0.15, -0.1) is 0 Å². The monoisotopic (exact) mass is 402 g/mol. The first-order valence-electron chi connectivity index (χ1n) is 9.86. The molecule has 0 spiro atoms. The molecule has 5 heteroatoms. The molecule has 0 heterocycles. The molecule has 2 amide bonds. The maximum atomic E-state index is 12.8. The summed E-state index contributed by atoms with van der Waals surface area (Å²) >= 11 is 0. The first kappa shape index (κ1) is 21.1. The van der Waals surface area contributed by atoms with Crippen molar-refractivity contribution >= 4 is 23.2 Å². The van der Waals surface area contributed by atoms with E-state index in [1.165, 1.54) is 0 Å². The number of hydrogen-bond donors (Lipinski definition) is 2. The van der Waals surface area contributed by atoms with Crippen LogP contribution >= 0.6 is 0 Å². The second kappa shape index (κ2) is 9.27. The lowest BCUT2D eigenvalue weighted by Crippen LogP contribution is -2.31. The Morgan fingerprint density at radius 3 is 2.23 bits per heavy atom. The minimum absolute atomic E-state index is 0.290. The number of ether oxygens (including phenoxy) is 1. The summed E-state index contributed by atoms with van der Waals surface area (Å²) in [6.45, 7) is 7.62. The van der Waals surface area contributed by atoms with Gasteiger partial charge >= 0.3 is 0 Å². The summed E-state index contributed by atoms with van der Waals surface area (Å²) in [6.07, 6.45) is -0.720. The molecule has 0 aliphatic rings. The summed E-state index contributed by atoms with van der Waals surface area (Å²) < 4.78 is 5.79. The highest BCUT2D eigenvalue weighted by molar-refractivity contribution is 6.10. The van der Waals surface area contributed by atoms with Crippen LogP contribution in [-0.4, -0.2) is 17.9 Å². The number of hydrogen-bond acceptors (Lipinski definition) is 3. The van der Waals surface area contributed by atoms with Crippen LogP contribution in [-0.2, 0) is 4.79 Å². The zero-order chi connectivity index (χ0) is 21.7. The van der Waals surface area contributed by atoms with Crippen LogP contribution in [0, 0.1) is 20.8 Å². The van der Waals surface area contributed by atoms with Crippen molar-refractivity contribution in [1.82, 2.24) is 0 Å². The Kier molecular flexibility index (Phi) is 6.52. The summed E-state index contributed by atoms with van der Waals surface area (Å²) in [5.41, 5.74) is 4.72. The third-order valence-electron chi connectivity index (χ3n) is 4.96. The van der Waals surface area contributed by atoms with Gasteiger partial charge in [0.15, 0.2) is 6.10 Å². The zero-order valence-corrected chi connectivity index (χ0v) is 17.7. The standard InChI is InChI=1S/C25H26N2O3/c1-16-13-14-20(15-18(16)3)26-25(29)21-10-6-7-11-22(21)27-24(28)19(4)30-23-12-8-5-9-17(23)2/h5-15,19H,1-4H3,(H,26,29)(H,27,28). The van der Waals surface area contributed by atoms with E-state index in [2.05, 4.69) is 10.6 Å². The van der Waals surface area contributed by atoms with E-state index < -0.39 is 6.10 Å². The molecule has 3 aromatic carbocycles. The van der Waals surface area contributed by atoms with E-state index >= 15 is 0 Å². The van der Waals surface area contributed by atoms with Gasteiger partial charge in [0, 0.05) is 5.69 Å². The van der Waals surface area contributed by atoms with Crippen LogP contribution in [0.1, 0.15) is 34.0 Å². The van der Waals surface area contributed by atoms with Gasteiger partial charge in [0.25, 0.3) is 11.8 Å². The SMILES string of the molecule is Cc1ccc(NC(=O)c2ccccc2NC(=O)C(C)Oc2ccccc2C)cc1C. The van der Waals surface area contributed by atoms with Crippen molar-refractivity contribution in [2.75, 3.05) is 10.6 Å². The summed E-state index contributed by atoms with van der Waals surface area (Å²) in [4.78, 5) is 25.5. The smallest absolute Gasteiger partial charge is 0.265 e. The van der Waals surface area contributed by atoms with Crippen LogP contribution < -0.4 is 15.4 Å². The molecule has 1 atom stereocenters. The van der Waals surface area contributed by atoms with Crippen molar-refractivity contribution in [1.29, 1.82) is 0 Å². The molecule has 1 unspecified atom stereocenters. The highest BCUT2D eigenvalue weighted by Crippen LogP contribution is 2.21. The predicted octanol–water partition coefficient (Wildman–Crippen LogP) is 5.27. The fraction of sp³-hybridized carbons (Fsp3) is 0.200. The number of amides is 2. The number of anilines is 2. The summed E-state index contributed by atoms with van der Waals surface area (Å²) in [5, 5.41) is 5.71.